The summed E-state index contributed by atoms with van der Waals surface area (Å²) >= 11 is 1.33. The van der Waals surface area contributed by atoms with Gasteiger partial charge in [0.05, 0.1) is 10.6 Å². The fraction of sp³-hybridized carbons (Fsp3) is 0.227. The van der Waals surface area contributed by atoms with E-state index in [1.165, 1.54) is 21.5 Å². The van der Waals surface area contributed by atoms with Crippen LogP contribution in [-0.2, 0) is 14.8 Å². The average Bonchev–Trinajstić information content (AvgIpc) is 3.34. The molecule has 0 fully saturated rings. The predicted octanol–water partition coefficient (Wildman–Crippen LogP) is 4.69. The van der Waals surface area contributed by atoms with Gasteiger partial charge in [-0.3, -0.25) is 4.79 Å². The van der Waals surface area contributed by atoms with Gasteiger partial charge in [-0.25, -0.2) is 22.4 Å². The van der Waals surface area contributed by atoms with Gasteiger partial charge >= 0.3 is 0 Å². The zero-order valence-corrected chi connectivity index (χ0v) is 19.0. The smallest absolute Gasteiger partial charge is 0.269 e. The Kier molecular flexibility index (Phi) is 5.63. The Bertz CT molecular complexity index is 1350. The molecule has 0 spiro atoms. The van der Waals surface area contributed by atoms with Gasteiger partial charge in [0.15, 0.2) is 10.8 Å². The van der Waals surface area contributed by atoms with Gasteiger partial charge in [0.1, 0.15) is 0 Å². The molecule has 0 unspecified atom stereocenters. The Morgan fingerprint density at radius 1 is 1.16 bits per heavy atom. The number of hydrogen-bond acceptors (Lipinski definition) is 6. The van der Waals surface area contributed by atoms with Crippen molar-refractivity contribution in [3.8, 4) is 11.3 Å². The van der Waals surface area contributed by atoms with Gasteiger partial charge in [-0.1, -0.05) is 31.5 Å². The number of rotatable bonds is 6. The molecule has 0 saturated heterocycles. The summed E-state index contributed by atoms with van der Waals surface area (Å²) in [5.41, 5.74) is 2.72. The molecule has 0 bridgehead atoms. The maximum atomic E-state index is 13.1. The van der Waals surface area contributed by atoms with E-state index in [2.05, 4.69) is 15.3 Å². The highest BCUT2D eigenvalue weighted by Gasteiger charge is 2.21. The quantitative estimate of drug-likeness (QED) is 0.456. The molecule has 1 amide bonds. The number of carbonyl (C=O) groups excluding carboxylic acids is 1. The largest absolute Gasteiger partial charge is 0.302 e. The monoisotopic (exact) mass is 454 g/mol. The highest BCUT2D eigenvalue weighted by atomic mass is 32.2. The first-order valence-electron chi connectivity index (χ1n) is 9.80. The van der Waals surface area contributed by atoms with Crippen LogP contribution in [0.1, 0.15) is 25.8 Å². The lowest BCUT2D eigenvalue weighted by atomic mass is 10.1. The molecule has 3 heterocycles. The van der Waals surface area contributed by atoms with Gasteiger partial charge in [0, 0.05) is 35.1 Å². The summed E-state index contributed by atoms with van der Waals surface area (Å²) < 4.78 is 27.5. The number of hydrogen-bond donors (Lipinski definition) is 1. The van der Waals surface area contributed by atoms with Gasteiger partial charge in [-0.2, -0.15) is 0 Å². The van der Waals surface area contributed by atoms with Crippen LogP contribution < -0.4 is 5.32 Å². The van der Waals surface area contributed by atoms with Crippen LogP contribution in [0.15, 0.2) is 59.1 Å². The third kappa shape index (κ3) is 4.24. The molecule has 4 aromatic rings. The topological polar surface area (TPSA) is 94.0 Å². The van der Waals surface area contributed by atoms with E-state index >= 15 is 0 Å². The third-order valence-corrected chi connectivity index (χ3v) is 7.19. The number of fused-ring (bicyclic) bond motifs is 1. The number of amides is 1. The van der Waals surface area contributed by atoms with Crippen LogP contribution in [0, 0.1) is 12.8 Å². The molecule has 0 saturated carbocycles. The van der Waals surface area contributed by atoms with Gasteiger partial charge in [-0.15, -0.1) is 11.3 Å². The van der Waals surface area contributed by atoms with Crippen molar-refractivity contribution in [1.82, 2.24) is 13.9 Å². The lowest BCUT2D eigenvalue weighted by Gasteiger charge is -2.08. The van der Waals surface area contributed by atoms with Crippen LogP contribution in [-0.4, -0.2) is 28.3 Å². The Hall–Kier alpha value is -3.04. The maximum absolute atomic E-state index is 13.1. The highest BCUT2D eigenvalue weighted by Crippen LogP contribution is 2.32. The number of nitrogens with one attached hydrogen (secondary N) is 1. The van der Waals surface area contributed by atoms with E-state index in [1.807, 2.05) is 26.2 Å². The van der Waals surface area contributed by atoms with Crippen LogP contribution in [0.5, 0.6) is 0 Å². The molecule has 4 rings (SSSR count). The number of aromatic nitrogens is 3. The summed E-state index contributed by atoms with van der Waals surface area (Å²) in [5.74, 6) is 0.181. The summed E-state index contributed by atoms with van der Waals surface area (Å²) in [5, 5.41) is 5.84. The Morgan fingerprint density at radius 2 is 1.90 bits per heavy atom. The Morgan fingerprint density at radius 3 is 2.61 bits per heavy atom. The number of pyridine rings is 1. The van der Waals surface area contributed by atoms with Crippen molar-refractivity contribution in [2.75, 3.05) is 5.32 Å². The second kappa shape index (κ2) is 8.24. The molecule has 9 heteroatoms. The predicted molar refractivity (Wildman–Crippen MR) is 123 cm³/mol. The second-order valence-electron chi connectivity index (χ2n) is 7.71. The van der Waals surface area contributed by atoms with Crippen LogP contribution in [0.4, 0.5) is 5.13 Å². The first-order chi connectivity index (χ1) is 14.8. The molecular formula is C22H22N4O3S2. The standard InChI is InChI=1S/C22H22N4O3S2/c1-14(2)12-20(27)25-22-24-19(13-30-22)17-8-10-23-21-18(17)9-11-26(21)31(28,29)16-6-4-15(3)5-7-16/h4-11,13-14H,12H2,1-3H3,(H,24,25,27). The maximum Gasteiger partial charge on any atom is 0.269 e. The van der Waals surface area contributed by atoms with E-state index < -0.39 is 10.0 Å². The molecule has 3 aromatic heterocycles. The molecule has 160 valence electrons. The fourth-order valence-electron chi connectivity index (χ4n) is 3.25. The van der Waals surface area contributed by atoms with Crippen molar-refractivity contribution in [1.29, 1.82) is 0 Å². The number of nitrogens with zero attached hydrogens (tertiary/aromatic N) is 3. The van der Waals surface area contributed by atoms with Crippen LogP contribution >= 0.6 is 11.3 Å². The number of thiazole rings is 1. The highest BCUT2D eigenvalue weighted by molar-refractivity contribution is 7.90. The van der Waals surface area contributed by atoms with Crippen LogP contribution in [0.3, 0.4) is 0 Å². The van der Waals surface area contributed by atoms with Gasteiger partial charge in [0.2, 0.25) is 5.91 Å². The minimum atomic E-state index is -3.78. The summed E-state index contributed by atoms with van der Waals surface area (Å²) in [6, 6.07) is 10.2. The van der Waals surface area contributed by atoms with Crippen LogP contribution in [0.2, 0.25) is 0 Å². The zero-order valence-electron chi connectivity index (χ0n) is 17.4. The molecular weight excluding hydrogens is 432 g/mol. The Balaban J connectivity index is 1.70. The van der Waals surface area contributed by atoms with E-state index in [0.717, 1.165) is 11.1 Å². The van der Waals surface area contributed by atoms with Crippen molar-refractivity contribution in [2.24, 2.45) is 5.92 Å². The number of benzene rings is 1. The molecule has 31 heavy (non-hydrogen) atoms. The van der Waals surface area contributed by atoms with E-state index in [-0.39, 0.29) is 16.7 Å². The number of aryl methyl sites for hydroxylation is 1. The average molecular weight is 455 g/mol. The van der Waals surface area contributed by atoms with Crippen molar-refractivity contribution in [3.63, 3.8) is 0 Å². The summed E-state index contributed by atoms with van der Waals surface area (Å²) in [4.78, 5) is 21.1. The third-order valence-electron chi connectivity index (χ3n) is 4.75. The van der Waals surface area contributed by atoms with Crippen molar-refractivity contribution < 1.29 is 13.2 Å². The summed E-state index contributed by atoms with van der Waals surface area (Å²) in [6.07, 6.45) is 3.50. The first kappa shape index (κ1) is 21.2. The van der Waals surface area contributed by atoms with Gasteiger partial charge in [-0.05, 0) is 37.1 Å². The normalized spacial score (nSPS) is 11.9. The van der Waals surface area contributed by atoms with Crippen molar-refractivity contribution in [3.05, 3.63) is 59.7 Å². The van der Waals surface area contributed by atoms with E-state index in [1.54, 1.807) is 42.6 Å². The zero-order chi connectivity index (χ0) is 22.2. The SMILES string of the molecule is Cc1ccc(S(=O)(=O)n2ccc3c(-c4csc(NC(=O)CC(C)C)n4)ccnc32)cc1. The molecule has 0 aliphatic heterocycles. The molecule has 7 nitrogen and oxygen atoms in total. The van der Waals surface area contributed by atoms with Crippen molar-refractivity contribution in [2.45, 2.75) is 32.1 Å². The van der Waals surface area contributed by atoms with E-state index in [4.69, 9.17) is 0 Å². The molecule has 1 aromatic carbocycles. The summed E-state index contributed by atoms with van der Waals surface area (Å²) in [6.45, 7) is 5.87. The molecule has 0 aliphatic carbocycles. The van der Waals surface area contributed by atoms with E-state index in [9.17, 15) is 13.2 Å². The lowest BCUT2D eigenvalue weighted by molar-refractivity contribution is -0.116. The lowest BCUT2D eigenvalue weighted by Crippen LogP contribution is -2.13. The van der Waals surface area contributed by atoms with Crippen LogP contribution in [0.25, 0.3) is 22.3 Å². The minimum absolute atomic E-state index is 0.0777. The minimum Gasteiger partial charge on any atom is -0.302 e. The van der Waals surface area contributed by atoms with Crippen molar-refractivity contribution >= 4 is 43.4 Å². The van der Waals surface area contributed by atoms with Gasteiger partial charge in [0.25, 0.3) is 10.0 Å². The molecule has 0 radical (unpaired) electrons. The molecule has 1 N–H and O–H groups in total. The molecule has 0 atom stereocenters. The summed E-state index contributed by atoms with van der Waals surface area (Å²) in [7, 11) is -3.78. The van der Waals surface area contributed by atoms with E-state index in [0.29, 0.717) is 28.3 Å². The molecule has 0 aliphatic rings. The fourth-order valence-corrected chi connectivity index (χ4v) is 5.28. The first-order valence-corrected chi connectivity index (χ1v) is 12.1. The number of anilines is 1. The van der Waals surface area contributed by atoms with Gasteiger partial charge < -0.3 is 5.32 Å². The second-order valence-corrected chi connectivity index (χ2v) is 10.4. The number of carbonyl (C=O) groups is 1. The Labute approximate surface area is 184 Å².